The van der Waals surface area contributed by atoms with Crippen LogP contribution >= 0.6 is 23.4 Å². The Morgan fingerprint density at radius 1 is 1.20 bits per heavy atom. The third-order valence-electron chi connectivity index (χ3n) is 4.72. The van der Waals surface area contributed by atoms with Crippen LogP contribution in [0, 0.1) is 5.82 Å². The Labute approximate surface area is 180 Å². The van der Waals surface area contributed by atoms with Gasteiger partial charge in [-0.2, -0.15) is 21.5 Å². The highest BCUT2D eigenvalue weighted by Crippen LogP contribution is 2.22. The molecule has 1 aliphatic heterocycles. The molecule has 3 aromatic rings. The first-order chi connectivity index (χ1) is 14.4. The summed E-state index contributed by atoms with van der Waals surface area (Å²) in [4.78, 5) is 25.9. The van der Waals surface area contributed by atoms with Crippen molar-refractivity contribution in [2.75, 3.05) is 11.5 Å². The molecule has 0 aliphatic carbocycles. The highest BCUT2D eigenvalue weighted by Gasteiger charge is 2.29. The number of benzene rings is 2. The lowest BCUT2D eigenvalue weighted by Crippen LogP contribution is -2.44. The van der Waals surface area contributed by atoms with Crippen LogP contribution in [0.15, 0.2) is 59.4 Å². The summed E-state index contributed by atoms with van der Waals surface area (Å²) in [7, 11) is 0. The molecule has 6 nitrogen and oxygen atoms in total. The first-order valence-corrected chi connectivity index (χ1v) is 10.7. The number of hydrogen-bond donors (Lipinski definition) is 2. The fraction of sp³-hybridized carbons (Fsp3) is 0.190. The van der Waals surface area contributed by atoms with Gasteiger partial charge in [-0.25, -0.2) is 4.39 Å². The number of rotatable bonds is 4. The summed E-state index contributed by atoms with van der Waals surface area (Å²) < 4.78 is 14.8. The smallest absolute Gasteiger partial charge is 0.284 e. The molecule has 2 atom stereocenters. The van der Waals surface area contributed by atoms with Crippen LogP contribution in [0.25, 0.3) is 16.9 Å². The van der Waals surface area contributed by atoms with E-state index in [1.54, 1.807) is 24.3 Å². The highest BCUT2D eigenvalue weighted by molar-refractivity contribution is 7.99. The molecule has 1 aromatic heterocycles. The highest BCUT2D eigenvalue weighted by atomic mass is 35.5. The Kier molecular flexibility index (Phi) is 5.90. The van der Waals surface area contributed by atoms with E-state index < -0.39 is 29.4 Å². The van der Waals surface area contributed by atoms with Gasteiger partial charge in [-0.05, 0) is 36.4 Å². The largest absolute Gasteiger partial charge is 0.390 e. The molecule has 154 valence electrons. The summed E-state index contributed by atoms with van der Waals surface area (Å²) in [6, 6.07) is 13.1. The predicted molar refractivity (Wildman–Crippen MR) is 115 cm³/mol. The number of aliphatic hydroxyl groups excluding tert-OH is 1. The Bertz CT molecular complexity index is 1150. The van der Waals surface area contributed by atoms with Gasteiger partial charge in [-0.3, -0.25) is 9.59 Å². The number of nitrogens with one attached hydrogen (secondary N) is 1. The number of aliphatic hydroxyl groups is 1. The molecule has 2 N–H and O–H groups in total. The molecule has 1 saturated heterocycles. The van der Waals surface area contributed by atoms with Gasteiger partial charge in [-0.15, -0.1) is 0 Å². The fourth-order valence-electron chi connectivity index (χ4n) is 3.13. The van der Waals surface area contributed by atoms with E-state index in [9.17, 15) is 19.1 Å². The average Bonchev–Trinajstić information content (AvgIpc) is 3.13. The molecule has 2 aromatic carbocycles. The Morgan fingerprint density at radius 2 is 1.97 bits per heavy atom. The average molecular weight is 446 g/mol. The molecule has 0 saturated carbocycles. The first-order valence-electron chi connectivity index (χ1n) is 9.15. The molecule has 2 heterocycles. The molecule has 1 aliphatic rings. The van der Waals surface area contributed by atoms with Gasteiger partial charge < -0.3 is 10.4 Å². The summed E-state index contributed by atoms with van der Waals surface area (Å²) in [5.41, 5.74) is 0.345. The number of thioether (sulfide) groups is 1. The summed E-state index contributed by atoms with van der Waals surface area (Å²) >= 11 is 7.47. The van der Waals surface area contributed by atoms with Gasteiger partial charge in [-0.1, -0.05) is 29.8 Å². The van der Waals surface area contributed by atoms with Crippen molar-refractivity contribution in [1.29, 1.82) is 0 Å². The number of aromatic nitrogens is 2. The van der Waals surface area contributed by atoms with Crippen molar-refractivity contribution in [1.82, 2.24) is 15.1 Å². The Balaban J connectivity index is 1.82. The fourth-order valence-corrected chi connectivity index (χ4v) is 4.42. The first kappa shape index (κ1) is 20.6. The molecular formula is C21H17ClFN3O3S. The third kappa shape index (κ3) is 4.26. The van der Waals surface area contributed by atoms with Crippen LogP contribution in [0.3, 0.4) is 0 Å². The van der Waals surface area contributed by atoms with Crippen molar-refractivity contribution >= 4 is 29.3 Å². The quantitative estimate of drug-likeness (QED) is 0.645. The van der Waals surface area contributed by atoms with Crippen LogP contribution in [-0.4, -0.2) is 44.4 Å². The van der Waals surface area contributed by atoms with E-state index in [4.69, 9.17) is 11.6 Å². The number of nitrogens with zero attached hydrogens (tertiary/aromatic N) is 2. The van der Waals surface area contributed by atoms with Crippen molar-refractivity contribution in [2.24, 2.45) is 0 Å². The van der Waals surface area contributed by atoms with Crippen LogP contribution < -0.4 is 10.9 Å². The standard InChI is InChI=1S/C21H17ClFN3O3S/c22-13-6-4-12(5-7-13)17-9-16(20(28)24-18-10-30-11-19(18)27)21(29)26(25-17)15-3-1-2-14(23)8-15/h1-9,18-19,27H,10-11H2,(H,24,28)/t18-,19+/m1/s1. The maximum absolute atomic E-state index is 13.8. The van der Waals surface area contributed by atoms with Gasteiger partial charge in [0.2, 0.25) is 0 Å². The van der Waals surface area contributed by atoms with E-state index in [0.29, 0.717) is 27.8 Å². The van der Waals surface area contributed by atoms with E-state index in [-0.39, 0.29) is 11.3 Å². The van der Waals surface area contributed by atoms with Gasteiger partial charge >= 0.3 is 0 Å². The second-order valence-corrected chi connectivity index (χ2v) is 8.34. The molecule has 30 heavy (non-hydrogen) atoms. The van der Waals surface area contributed by atoms with E-state index in [0.717, 1.165) is 4.68 Å². The zero-order valence-electron chi connectivity index (χ0n) is 15.6. The van der Waals surface area contributed by atoms with Crippen LogP contribution in [0.1, 0.15) is 10.4 Å². The Hall–Kier alpha value is -2.68. The number of carbonyl (C=O) groups excluding carboxylic acids is 1. The van der Waals surface area contributed by atoms with Crippen LogP contribution in [-0.2, 0) is 0 Å². The molecule has 1 fully saturated rings. The number of carbonyl (C=O) groups is 1. The molecule has 1 amide bonds. The van der Waals surface area contributed by atoms with Gasteiger partial charge in [0.25, 0.3) is 11.5 Å². The lowest BCUT2D eigenvalue weighted by atomic mass is 10.1. The zero-order valence-corrected chi connectivity index (χ0v) is 17.2. The van der Waals surface area contributed by atoms with Gasteiger partial charge in [0.05, 0.1) is 23.5 Å². The third-order valence-corrected chi connectivity index (χ3v) is 6.14. The van der Waals surface area contributed by atoms with Crippen LogP contribution in [0.4, 0.5) is 4.39 Å². The van der Waals surface area contributed by atoms with Crippen molar-refractivity contribution < 1.29 is 14.3 Å². The van der Waals surface area contributed by atoms with Crippen molar-refractivity contribution in [3.63, 3.8) is 0 Å². The molecule has 4 rings (SSSR count). The SMILES string of the molecule is O=C(N[C@@H]1CSC[C@@H]1O)c1cc(-c2ccc(Cl)cc2)nn(-c2cccc(F)c2)c1=O. The molecule has 0 spiro atoms. The second kappa shape index (κ2) is 8.59. The lowest BCUT2D eigenvalue weighted by Gasteiger charge is -2.16. The predicted octanol–water partition coefficient (Wildman–Crippen LogP) is 2.90. The monoisotopic (exact) mass is 445 g/mol. The molecule has 0 radical (unpaired) electrons. The zero-order chi connectivity index (χ0) is 21.3. The van der Waals surface area contributed by atoms with E-state index in [1.807, 2.05) is 0 Å². The van der Waals surface area contributed by atoms with E-state index in [2.05, 4.69) is 10.4 Å². The number of halogens is 2. The minimum atomic E-state index is -0.684. The summed E-state index contributed by atoms with van der Waals surface area (Å²) in [5, 5.41) is 17.6. The summed E-state index contributed by atoms with van der Waals surface area (Å²) in [6.45, 7) is 0. The molecular weight excluding hydrogens is 429 g/mol. The summed E-state index contributed by atoms with van der Waals surface area (Å²) in [5.74, 6) is -0.0742. The minimum Gasteiger partial charge on any atom is -0.390 e. The topological polar surface area (TPSA) is 84.2 Å². The van der Waals surface area contributed by atoms with Crippen molar-refractivity contribution in [2.45, 2.75) is 12.1 Å². The van der Waals surface area contributed by atoms with Gasteiger partial charge in [0.1, 0.15) is 11.4 Å². The maximum Gasteiger partial charge on any atom is 0.284 e. The minimum absolute atomic E-state index is 0.150. The molecule has 0 bridgehead atoms. The number of hydrogen-bond acceptors (Lipinski definition) is 5. The van der Waals surface area contributed by atoms with Crippen molar-refractivity contribution in [3.05, 3.63) is 81.4 Å². The maximum atomic E-state index is 13.8. The van der Waals surface area contributed by atoms with E-state index >= 15 is 0 Å². The normalized spacial score (nSPS) is 18.4. The van der Waals surface area contributed by atoms with Crippen LogP contribution in [0.2, 0.25) is 5.02 Å². The van der Waals surface area contributed by atoms with Gasteiger partial charge in [0, 0.05) is 22.1 Å². The molecule has 9 heteroatoms. The van der Waals surface area contributed by atoms with Crippen molar-refractivity contribution in [3.8, 4) is 16.9 Å². The van der Waals surface area contributed by atoms with Crippen LogP contribution in [0.5, 0.6) is 0 Å². The molecule has 0 unspecified atom stereocenters. The second-order valence-electron chi connectivity index (χ2n) is 6.83. The summed E-state index contributed by atoms with van der Waals surface area (Å²) in [6.07, 6.45) is -0.679. The Morgan fingerprint density at radius 3 is 2.63 bits per heavy atom. The lowest BCUT2D eigenvalue weighted by molar-refractivity contribution is 0.0886. The van der Waals surface area contributed by atoms with E-state index in [1.165, 1.54) is 42.1 Å². The number of amides is 1. The van der Waals surface area contributed by atoms with Gasteiger partial charge in [0.15, 0.2) is 0 Å².